The van der Waals surface area contributed by atoms with Crippen molar-refractivity contribution in [1.82, 2.24) is 4.90 Å². The van der Waals surface area contributed by atoms with Gasteiger partial charge in [0.05, 0.1) is 0 Å². The molecule has 0 radical (unpaired) electrons. The molecule has 0 amide bonds. The average molecular weight is 286 g/mol. The average Bonchev–Trinajstić information content (AvgIpc) is 2.19. The van der Waals surface area contributed by atoms with Crippen LogP contribution in [0.25, 0.3) is 0 Å². The van der Waals surface area contributed by atoms with E-state index in [2.05, 4.69) is 15.9 Å². The summed E-state index contributed by atoms with van der Waals surface area (Å²) < 4.78 is 0.744. The Balaban J connectivity index is 2.99. The van der Waals surface area contributed by atoms with E-state index >= 15 is 0 Å². The third kappa shape index (κ3) is 3.15. The Hall–Kier alpha value is -1.20. The summed E-state index contributed by atoms with van der Waals surface area (Å²) >= 11 is 3.32. The topological polar surface area (TPSA) is 57.6 Å². The number of Topliss-reactive ketones (excluding diaryl/α,β-unsaturated/α-hetero) is 1. The maximum absolute atomic E-state index is 11.2. The molecule has 0 unspecified atom stereocenters. The van der Waals surface area contributed by atoms with E-state index in [1.54, 1.807) is 6.07 Å². The zero-order chi connectivity index (χ0) is 12.3. The largest absolute Gasteiger partial charge is 0.475 e. The lowest BCUT2D eigenvalue weighted by molar-refractivity contribution is -0.131. The zero-order valence-corrected chi connectivity index (χ0v) is 10.6. The van der Waals surface area contributed by atoms with Crippen molar-refractivity contribution in [3.05, 3.63) is 33.8 Å². The Kier molecular flexibility index (Phi) is 4.20. The highest BCUT2D eigenvalue weighted by molar-refractivity contribution is 9.10. The molecular formula is C11H12BrNO3. The van der Waals surface area contributed by atoms with Crippen molar-refractivity contribution in [2.75, 3.05) is 14.1 Å². The summed E-state index contributed by atoms with van der Waals surface area (Å²) in [6.45, 7) is 0.724. The van der Waals surface area contributed by atoms with Gasteiger partial charge in [-0.3, -0.25) is 4.79 Å². The summed E-state index contributed by atoms with van der Waals surface area (Å²) in [4.78, 5) is 23.7. The van der Waals surface area contributed by atoms with Gasteiger partial charge in [-0.2, -0.15) is 0 Å². The molecule has 0 spiro atoms. The summed E-state index contributed by atoms with van der Waals surface area (Å²) in [7, 11) is 3.87. The van der Waals surface area contributed by atoms with E-state index in [9.17, 15) is 9.59 Å². The number of rotatable bonds is 4. The van der Waals surface area contributed by atoms with Gasteiger partial charge in [-0.15, -0.1) is 0 Å². The molecule has 0 saturated heterocycles. The third-order valence-corrected chi connectivity index (χ3v) is 2.73. The van der Waals surface area contributed by atoms with E-state index in [1.807, 2.05) is 19.0 Å². The van der Waals surface area contributed by atoms with Gasteiger partial charge in [0.15, 0.2) is 0 Å². The lowest BCUT2D eigenvalue weighted by Crippen LogP contribution is -2.14. The molecule has 5 heteroatoms. The first-order chi connectivity index (χ1) is 7.41. The molecule has 1 N–H and O–H groups in total. The minimum absolute atomic E-state index is 0.182. The quantitative estimate of drug-likeness (QED) is 0.677. The van der Waals surface area contributed by atoms with E-state index in [-0.39, 0.29) is 5.56 Å². The fourth-order valence-electron chi connectivity index (χ4n) is 1.28. The molecule has 0 aliphatic carbocycles. The molecule has 1 aromatic carbocycles. The Morgan fingerprint density at radius 2 is 2.00 bits per heavy atom. The summed E-state index contributed by atoms with van der Waals surface area (Å²) in [5.74, 6) is -2.33. The van der Waals surface area contributed by atoms with E-state index in [0.29, 0.717) is 0 Å². The standard InChI is InChI=1S/C11H12BrNO3/c1-13(2)6-8-4-3-7(5-9(8)12)10(14)11(15)16/h3-5H,6H2,1-2H3,(H,15,16). The summed E-state index contributed by atoms with van der Waals surface area (Å²) in [5.41, 5.74) is 1.19. The monoisotopic (exact) mass is 285 g/mol. The van der Waals surface area contributed by atoms with Gasteiger partial charge < -0.3 is 10.0 Å². The molecule has 4 nitrogen and oxygen atoms in total. The number of carbonyl (C=O) groups is 2. The van der Waals surface area contributed by atoms with Gasteiger partial charge in [-0.25, -0.2) is 4.79 Å². The number of carbonyl (C=O) groups excluding carboxylic acids is 1. The van der Waals surface area contributed by atoms with Crippen molar-refractivity contribution in [1.29, 1.82) is 0 Å². The molecule has 0 heterocycles. The Morgan fingerprint density at radius 1 is 1.38 bits per heavy atom. The molecule has 1 aromatic rings. The van der Waals surface area contributed by atoms with E-state index < -0.39 is 11.8 Å². The normalized spacial score (nSPS) is 10.5. The highest BCUT2D eigenvalue weighted by Gasteiger charge is 2.15. The van der Waals surface area contributed by atoms with E-state index in [0.717, 1.165) is 16.6 Å². The third-order valence-electron chi connectivity index (χ3n) is 2.00. The Bertz CT molecular complexity index is 429. The highest BCUT2D eigenvalue weighted by atomic mass is 79.9. The summed E-state index contributed by atoms with van der Waals surface area (Å²) in [5, 5.41) is 8.57. The Morgan fingerprint density at radius 3 is 2.44 bits per heavy atom. The minimum Gasteiger partial charge on any atom is -0.475 e. The number of hydrogen-bond donors (Lipinski definition) is 1. The van der Waals surface area contributed by atoms with Crippen LogP contribution in [0.4, 0.5) is 0 Å². The number of hydrogen-bond acceptors (Lipinski definition) is 3. The molecule has 16 heavy (non-hydrogen) atoms. The van der Waals surface area contributed by atoms with Crippen LogP contribution < -0.4 is 0 Å². The molecule has 0 aliphatic rings. The van der Waals surface area contributed by atoms with Gasteiger partial charge >= 0.3 is 5.97 Å². The van der Waals surface area contributed by atoms with Crippen molar-refractivity contribution in [3.63, 3.8) is 0 Å². The van der Waals surface area contributed by atoms with E-state index in [4.69, 9.17) is 5.11 Å². The number of halogens is 1. The minimum atomic E-state index is -1.44. The van der Waals surface area contributed by atoms with Gasteiger partial charge in [0.25, 0.3) is 5.78 Å². The molecule has 1 rings (SSSR count). The molecule has 0 atom stereocenters. The van der Waals surface area contributed by atoms with Gasteiger partial charge in [0.2, 0.25) is 0 Å². The van der Waals surface area contributed by atoms with Crippen LogP contribution in [0.1, 0.15) is 15.9 Å². The lowest BCUT2D eigenvalue weighted by Gasteiger charge is -2.11. The van der Waals surface area contributed by atoms with Crippen LogP contribution in [0, 0.1) is 0 Å². The van der Waals surface area contributed by atoms with Crippen LogP contribution in [0.3, 0.4) is 0 Å². The number of nitrogens with zero attached hydrogens (tertiary/aromatic N) is 1. The molecule has 0 aromatic heterocycles. The van der Waals surface area contributed by atoms with Crippen LogP contribution >= 0.6 is 15.9 Å². The first kappa shape index (κ1) is 12.9. The summed E-state index contributed by atoms with van der Waals surface area (Å²) in [6.07, 6.45) is 0. The second-order valence-corrected chi connectivity index (χ2v) is 4.53. The number of carboxylic acid groups (broad SMARTS) is 1. The highest BCUT2D eigenvalue weighted by Crippen LogP contribution is 2.20. The maximum Gasteiger partial charge on any atom is 0.377 e. The predicted octanol–water partition coefficient (Wildman–Crippen LogP) is 1.78. The first-order valence-corrected chi connectivity index (χ1v) is 5.42. The smallest absolute Gasteiger partial charge is 0.377 e. The van der Waals surface area contributed by atoms with Crippen LogP contribution in [0.15, 0.2) is 22.7 Å². The molecular weight excluding hydrogens is 274 g/mol. The molecule has 0 aliphatic heterocycles. The lowest BCUT2D eigenvalue weighted by atomic mass is 10.1. The fraction of sp³-hybridized carbons (Fsp3) is 0.273. The molecule has 86 valence electrons. The van der Waals surface area contributed by atoms with Crippen LogP contribution in [0.5, 0.6) is 0 Å². The van der Waals surface area contributed by atoms with Crippen LogP contribution in [-0.4, -0.2) is 35.9 Å². The number of benzene rings is 1. The second-order valence-electron chi connectivity index (χ2n) is 3.68. The van der Waals surface area contributed by atoms with Gasteiger partial charge in [0.1, 0.15) is 0 Å². The number of ketones is 1. The van der Waals surface area contributed by atoms with Crippen molar-refractivity contribution in [3.8, 4) is 0 Å². The fourth-order valence-corrected chi connectivity index (χ4v) is 1.79. The zero-order valence-electron chi connectivity index (χ0n) is 9.03. The SMILES string of the molecule is CN(C)Cc1ccc(C(=O)C(=O)O)cc1Br. The van der Waals surface area contributed by atoms with Gasteiger partial charge in [0, 0.05) is 16.6 Å². The van der Waals surface area contributed by atoms with Crippen molar-refractivity contribution in [2.45, 2.75) is 6.54 Å². The molecule has 0 saturated carbocycles. The first-order valence-electron chi connectivity index (χ1n) is 4.62. The van der Waals surface area contributed by atoms with Crippen molar-refractivity contribution >= 4 is 27.7 Å². The predicted molar refractivity (Wildman–Crippen MR) is 63.5 cm³/mol. The molecule has 0 fully saturated rings. The van der Waals surface area contributed by atoms with E-state index in [1.165, 1.54) is 12.1 Å². The van der Waals surface area contributed by atoms with Gasteiger partial charge in [-0.1, -0.05) is 28.1 Å². The maximum atomic E-state index is 11.2. The van der Waals surface area contributed by atoms with Gasteiger partial charge in [-0.05, 0) is 25.7 Å². The summed E-state index contributed by atoms with van der Waals surface area (Å²) in [6, 6.07) is 4.82. The van der Waals surface area contributed by atoms with Crippen molar-refractivity contribution in [2.24, 2.45) is 0 Å². The number of carboxylic acids is 1. The Labute approximate surface area is 102 Å². The second kappa shape index (κ2) is 5.23. The van der Waals surface area contributed by atoms with Crippen LogP contribution in [-0.2, 0) is 11.3 Å². The van der Waals surface area contributed by atoms with Crippen molar-refractivity contribution < 1.29 is 14.7 Å². The van der Waals surface area contributed by atoms with Crippen LogP contribution in [0.2, 0.25) is 0 Å². The number of aliphatic carboxylic acids is 1. The molecule has 0 bridgehead atoms.